The summed E-state index contributed by atoms with van der Waals surface area (Å²) in [6.45, 7) is 6.38. The van der Waals surface area contributed by atoms with E-state index in [0.29, 0.717) is 6.04 Å². The van der Waals surface area contributed by atoms with Crippen LogP contribution in [-0.4, -0.2) is 47.8 Å². The SMILES string of the molecule is Cc1ccc(N(C)C2CCN(Cc3cccc4c3NCC4)CC2)nn1.Cl. The van der Waals surface area contributed by atoms with Crippen LogP contribution in [0.5, 0.6) is 0 Å². The molecule has 0 aliphatic carbocycles. The van der Waals surface area contributed by atoms with Gasteiger partial charge in [-0.3, -0.25) is 4.90 Å². The van der Waals surface area contributed by atoms with Crippen LogP contribution in [0.4, 0.5) is 11.5 Å². The molecular formula is C20H28ClN5. The van der Waals surface area contributed by atoms with Gasteiger partial charge in [-0.05, 0) is 49.4 Å². The minimum absolute atomic E-state index is 0. The molecule has 1 aromatic carbocycles. The highest BCUT2D eigenvalue weighted by Gasteiger charge is 2.24. The van der Waals surface area contributed by atoms with Gasteiger partial charge in [0, 0.05) is 45.0 Å². The first-order chi connectivity index (χ1) is 12.2. The van der Waals surface area contributed by atoms with Crippen LogP contribution in [0.15, 0.2) is 30.3 Å². The number of aryl methyl sites for hydroxylation is 1. The molecule has 0 unspecified atom stereocenters. The number of anilines is 2. The third-order valence-electron chi connectivity index (χ3n) is 5.58. The lowest BCUT2D eigenvalue weighted by atomic mass is 10.0. The molecule has 0 spiro atoms. The first-order valence-electron chi connectivity index (χ1n) is 9.31. The number of rotatable bonds is 4. The minimum atomic E-state index is 0. The van der Waals surface area contributed by atoms with E-state index in [1.807, 2.05) is 13.0 Å². The number of likely N-dealkylation sites (tertiary alicyclic amines) is 1. The Morgan fingerprint density at radius 1 is 1.15 bits per heavy atom. The van der Waals surface area contributed by atoms with Crippen LogP contribution in [0, 0.1) is 6.92 Å². The van der Waals surface area contributed by atoms with E-state index in [4.69, 9.17) is 0 Å². The maximum Gasteiger partial charge on any atom is 0.151 e. The molecule has 5 nitrogen and oxygen atoms in total. The average Bonchev–Trinajstić information content (AvgIpc) is 3.12. The van der Waals surface area contributed by atoms with Gasteiger partial charge in [0.15, 0.2) is 5.82 Å². The molecule has 2 aliphatic heterocycles. The second kappa shape index (κ2) is 8.23. The smallest absolute Gasteiger partial charge is 0.151 e. The number of fused-ring (bicyclic) bond motifs is 1. The molecule has 4 rings (SSSR count). The Hall–Kier alpha value is -1.85. The van der Waals surface area contributed by atoms with Crippen molar-refractivity contribution >= 4 is 23.9 Å². The fourth-order valence-electron chi connectivity index (χ4n) is 4.02. The van der Waals surface area contributed by atoms with Crippen molar-refractivity contribution in [2.45, 2.75) is 38.8 Å². The maximum atomic E-state index is 4.33. The van der Waals surface area contributed by atoms with E-state index in [0.717, 1.165) is 44.1 Å². The topological polar surface area (TPSA) is 44.3 Å². The molecule has 0 bridgehead atoms. The molecule has 1 saturated heterocycles. The number of nitrogens with one attached hydrogen (secondary N) is 1. The van der Waals surface area contributed by atoms with Crippen molar-refractivity contribution in [1.82, 2.24) is 15.1 Å². The van der Waals surface area contributed by atoms with E-state index in [9.17, 15) is 0 Å². The third kappa shape index (κ3) is 3.94. The first-order valence-corrected chi connectivity index (χ1v) is 9.31. The van der Waals surface area contributed by atoms with E-state index in [1.54, 1.807) is 0 Å². The van der Waals surface area contributed by atoms with E-state index < -0.39 is 0 Å². The van der Waals surface area contributed by atoms with E-state index >= 15 is 0 Å². The maximum absolute atomic E-state index is 4.33. The monoisotopic (exact) mass is 373 g/mol. The van der Waals surface area contributed by atoms with Gasteiger partial charge in [-0.2, -0.15) is 5.10 Å². The number of hydrogen-bond donors (Lipinski definition) is 1. The van der Waals surface area contributed by atoms with Crippen molar-refractivity contribution in [3.63, 3.8) is 0 Å². The number of halogens is 1. The lowest BCUT2D eigenvalue weighted by Gasteiger charge is -2.37. The Morgan fingerprint density at radius 2 is 1.96 bits per heavy atom. The van der Waals surface area contributed by atoms with Crippen LogP contribution in [-0.2, 0) is 13.0 Å². The van der Waals surface area contributed by atoms with Crippen LogP contribution in [0.3, 0.4) is 0 Å². The van der Waals surface area contributed by atoms with Gasteiger partial charge in [0.1, 0.15) is 0 Å². The van der Waals surface area contributed by atoms with E-state index in [-0.39, 0.29) is 12.4 Å². The predicted octanol–water partition coefficient (Wildman–Crippen LogP) is 3.28. The van der Waals surface area contributed by atoms with Gasteiger partial charge in [-0.15, -0.1) is 17.5 Å². The quantitative estimate of drug-likeness (QED) is 0.891. The summed E-state index contributed by atoms with van der Waals surface area (Å²) in [4.78, 5) is 4.88. The summed E-state index contributed by atoms with van der Waals surface area (Å²) >= 11 is 0. The second-order valence-electron chi connectivity index (χ2n) is 7.28. The predicted molar refractivity (Wildman–Crippen MR) is 109 cm³/mol. The van der Waals surface area contributed by atoms with Crippen molar-refractivity contribution < 1.29 is 0 Å². The van der Waals surface area contributed by atoms with Crippen molar-refractivity contribution in [3.05, 3.63) is 47.2 Å². The van der Waals surface area contributed by atoms with Gasteiger partial charge in [-0.25, -0.2) is 0 Å². The second-order valence-corrected chi connectivity index (χ2v) is 7.28. The Morgan fingerprint density at radius 3 is 2.69 bits per heavy atom. The van der Waals surface area contributed by atoms with E-state index in [1.165, 1.54) is 29.7 Å². The Labute approximate surface area is 162 Å². The van der Waals surface area contributed by atoms with Crippen LogP contribution in [0.2, 0.25) is 0 Å². The Bertz CT molecular complexity index is 725. The summed E-state index contributed by atoms with van der Waals surface area (Å²) in [5.74, 6) is 0.981. The zero-order chi connectivity index (χ0) is 17.2. The zero-order valence-corrected chi connectivity index (χ0v) is 16.4. The summed E-state index contributed by atoms with van der Waals surface area (Å²) in [6.07, 6.45) is 3.51. The molecule has 6 heteroatoms. The van der Waals surface area contributed by atoms with Crippen LogP contribution < -0.4 is 10.2 Å². The van der Waals surface area contributed by atoms with Gasteiger partial charge in [0.2, 0.25) is 0 Å². The lowest BCUT2D eigenvalue weighted by Crippen LogP contribution is -2.43. The van der Waals surface area contributed by atoms with Crippen molar-refractivity contribution in [1.29, 1.82) is 0 Å². The molecule has 1 aromatic heterocycles. The van der Waals surface area contributed by atoms with Crippen molar-refractivity contribution in [2.24, 2.45) is 0 Å². The summed E-state index contributed by atoms with van der Waals surface area (Å²) < 4.78 is 0. The number of nitrogens with zero attached hydrogens (tertiary/aromatic N) is 4. The molecule has 140 valence electrons. The largest absolute Gasteiger partial charge is 0.384 e. The number of hydrogen-bond acceptors (Lipinski definition) is 5. The molecule has 2 aliphatic rings. The number of benzene rings is 1. The van der Waals surface area contributed by atoms with Crippen molar-refractivity contribution in [3.8, 4) is 0 Å². The Balaban J connectivity index is 0.00000196. The van der Waals surface area contributed by atoms with Crippen LogP contribution in [0.1, 0.15) is 29.7 Å². The summed E-state index contributed by atoms with van der Waals surface area (Å²) in [7, 11) is 2.15. The zero-order valence-electron chi connectivity index (χ0n) is 15.6. The number of para-hydroxylation sites is 1. The van der Waals surface area contributed by atoms with Gasteiger partial charge in [0.25, 0.3) is 0 Å². The first kappa shape index (κ1) is 18.9. The van der Waals surface area contributed by atoms with Gasteiger partial charge in [-0.1, -0.05) is 18.2 Å². The van der Waals surface area contributed by atoms with Gasteiger partial charge >= 0.3 is 0 Å². The molecule has 0 atom stereocenters. The lowest BCUT2D eigenvalue weighted by molar-refractivity contribution is 0.203. The Kier molecular flexibility index (Phi) is 5.99. The standard InChI is InChI=1S/C20H27N5.ClH/c1-15-6-7-19(23-22-15)24(2)18-9-12-25(13-10-18)14-17-5-3-4-16-8-11-21-20(16)17;/h3-7,18,21H,8-14H2,1-2H3;1H. The van der Waals surface area contributed by atoms with Crippen LogP contribution in [0.25, 0.3) is 0 Å². The van der Waals surface area contributed by atoms with Gasteiger partial charge in [0.05, 0.1) is 5.69 Å². The minimum Gasteiger partial charge on any atom is -0.384 e. The summed E-state index contributed by atoms with van der Waals surface area (Å²) in [6, 6.07) is 11.4. The molecule has 3 heterocycles. The molecule has 0 saturated carbocycles. The molecule has 1 fully saturated rings. The molecule has 0 amide bonds. The average molecular weight is 374 g/mol. The van der Waals surface area contributed by atoms with E-state index in [2.05, 4.69) is 56.6 Å². The normalized spacial score (nSPS) is 17.3. The third-order valence-corrected chi connectivity index (χ3v) is 5.58. The highest BCUT2D eigenvalue weighted by atomic mass is 35.5. The fourth-order valence-corrected chi connectivity index (χ4v) is 4.02. The van der Waals surface area contributed by atoms with Gasteiger partial charge < -0.3 is 10.2 Å². The number of piperidine rings is 1. The highest BCUT2D eigenvalue weighted by Crippen LogP contribution is 2.28. The highest BCUT2D eigenvalue weighted by molar-refractivity contribution is 5.85. The summed E-state index contributed by atoms with van der Waals surface area (Å²) in [5, 5.41) is 12.1. The summed E-state index contributed by atoms with van der Waals surface area (Å²) in [5.41, 5.74) is 5.28. The number of aromatic nitrogens is 2. The fraction of sp³-hybridized carbons (Fsp3) is 0.500. The molecule has 0 radical (unpaired) electrons. The molecule has 1 N–H and O–H groups in total. The van der Waals surface area contributed by atoms with Crippen LogP contribution >= 0.6 is 12.4 Å². The molecule has 2 aromatic rings. The molecular weight excluding hydrogens is 346 g/mol. The molecule has 26 heavy (non-hydrogen) atoms. The van der Waals surface area contributed by atoms with Crippen molar-refractivity contribution in [2.75, 3.05) is 36.9 Å².